The second-order valence-corrected chi connectivity index (χ2v) is 9.51. The maximum absolute atomic E-state index is 12.9. The lowest BCUT2D eigenvalue weighted by molar-refractivity contribution is -0.140. The van der Waals surface area contributed by atoms with Gasteiger partial charge in [0.05, 0.1) is 54.4 Å². The fraction of sp³-hybridized carbons (Fsp3) is 0.400. The number of methoxy groups -OCH3 is 5. The van der Waals surface area contributed by atoms with Crippen LogP contribution < -0.4 is 29.3 Å². The van der Waals surface area contributed by atoms with Crippen molar-refractivity contribution in [2.24, 2.45) is 0 Å². The number of anilines is 1. The molecule has 4 rings (SSSR count). The van der Waals surface area contributed by atoms with E-state index in [0.717, 1.165) is 37.6 Å². The van der Waals surface area contributed by atoms with Crippen LogP contribution in [0.2, 0.25) is 0 Å². The predicted molar refractivity (Wildman–Crippen MR) is 152 cm³/mol. The molecular weight excluding hydrogens is 532 g/mol. The van der Waals surface area contributed by atoms with Gasteiger partial charge in [0, 0.05) is 43.5 Å². The average molecular weight is 569 g/mol. The summed E-state index contributed by atoms with van der Waals surface area (Å²) in [6.07, 6.45) is -0.219. The highest BCUT2D eigenvalue weighted by Gasteiger charge is 2.31. The summed E-state index contributed by atoms with van der Waals surface area (Å²) in [5.74, 6) is 0.0719. The van der Waals surface area contributed by atoms with Crippen molar-refractivity contribution in [3.05, 3.63) is 69.8 Å². The van der Waals surface area contributed by atoms with E-state index in [2.05, 4.69) is 9.80 Å². The van der Waals surface area contributed by atoms with E-state index in [-0.39, 0.29) is 17.9 Å². The number of carbonyl (C=O) groups excluding carboxylic acids is 1. The van der Waals surface area contributed by atoms with Crippen LogP contribution in [0.5, 0.6) is 28.7 Å². The van der Waals surface area contributed by atoms with Crippen LogP contribution in [0.15, 0.2) is 51.7 Å². The maximum Gasteiger partial charge on any atom is 0.306 e. The Kier molecular flexibility index (Phi) is 9.61. The third-order valence-electron chi connectivity index (χ3n) is 7.21. The van der Waals surface area contributed by atoms with Gasteiger partial charge in [-0.3, -0.25) is 14.5 Å². The number of hydrogen-bond donors (Lipinski definition) is 1. The van der Waals surface area contributed by atoms with E-state index in [1.54, 1.807) is 19.2 Å². The maximum atomic E-state index is 12.9. The number of aromatic hydroxyl groups is 1. The lowest BCUT2D eigenvalue weighted by atomic mass is 9.90. The van der Waals surface area contributed by atoms with Crippen LogP contribution >= 0.6 is 0 Å². The first-order valence-corrected chi connectivity index (χ1v) is 13.2. The number of carbonyl (C=O) groups is 1. The monoisotopic (exact) mass is 568 g/mol. The summed E-state index contributed by atoms with van der Waals surface area (Å²) < 4.78 is 32.9. The summed E-state index contributed by atoms with van der Waals surface area (Å²) >= 11 is 0. The third kappa shape index (κ3) is 6.51. The molecule has 0 spiro atoms. The molecule has 1 atom stereocenters. The van der Waals surface area contributed by atoms with Crippen LogP contribution in [0.25, 0.3) is 0 Å². The van der Waals surface area contributed by atoms with Gasteiger partial charge in [0.1, 0.15) is 11.5 Å². The normalized spacial score (nSPS) is 14.3. The molecule has 0 aliphatic carbocycles. The van der Waals surface area contributed by atoms with Gasteiger partial charge in [0.25, 0.3) is 0 Å². The molecule has 3 aromatic rings. The van der Waals surface area contributed by atoms with Crippen molar-refractivity contribution in [3.8, 4) is 28.7 Å². The van der Waals surface area contributed by atoms with Crippen molar-refractivity contribution in [3.63, 3.8) is 0 Å². The zero-order chi connectivity index (χ0) is 29.5. The van der Waals surface area contributed by atoms with Gasteiger partial charge in [-0.05, 0) is 30.3 Å². The van der Waals surface area contributed by atoms with Gasteiger partial charge < -0.3 is 38.1 Å². The van der Waals surface area contributed by atoms with Crippen molar-refractivity contribution in [1.29, 1.82) is 0 Å². The predicted octanol–water partition coefficient (Wildman–Crippen LogP) is 3.40. The van der Waals surface area contributed by atoms with E-state index < -0.39 is 23.1 Å². The van der Waals surface area contributed by atoms with E-state index in [9.17, 15) is 14.7 Å². The van der Waals surface area contributed by atoms with E-state index in [0.29, 0.717) is 29.4 Å². The van der Waals surface area contributed by atoms with E-state index in [4.69, 9.17) is 28.1 Å². The number of piperazine rings is 1. The Morgan fingerprint density at radius 2 is 1.59 bits per heavy atom. The topological polar surface area (TPSA) is 120 Å². The average Bonchev–Trinajstić information content (AvgIpc) is 3.01. The summed E-state index contributed by atoms with van der Waals surface area (Å²) in [7, 11) is 7.32. The van der Waals surface area contributed by atoms with Crippen molar-refractivity contribution >= 4 is 11.7 Å². The molecule has 2 aromatic carbocycles. The highest BCUT2D eigenvalue weighted by atomic mass is 16.5. The first-order valence-electron chi connectivity index (χ1n) is 13.2. The molecule has 11 nitrogen and oxygen atoms in total. The van der Waals surface area contributed by atoms with Gasteiger partial charge in [0.2, 0.25) is 16.9 Å². The number of nitrogens with zero attached hydrogens (tertiary/aromatic N) is 2. The molecule has 2 heterocycles. The van der Waals surface area contributed by atoms with Crippen LogP contribution in [0, 0.1) is 0 Å². The van der Waals surface area contributed by atoms with Gasteiger partial charge in [-0.25, -0.2) is 0 Å². The fourth-order valence-corrected chi connectivity index (χ4v) is 5.04. The van der Waals surface area contributed by atoms with Crippen LogP contribution in [-0.2, 0) is 16.1 Å². The van der Waals surface area contributed by atoms with Gasteiger partial charge in [-0.1, -0.05) is 6.07 Å². The summed E-state index contributed by atoms with van der Waals surface area (Å²) in [6, 6.07) is 12.6. The number of rotatable bonds is 11. The first-order chi connectivity index (χ1) is 19.8. The Morgan fingerprint density at radius 3 is 2.17 bits per heavy atom. The summed E-state index contributed by atoms with van der Waals surface area (Å²) in [4.78, 5) is 29.9. The molecule has 0 saturated carbocycles. The zero-order valence-electron chi connectivity index (χ0n) is 24.0. The lowest BCUT2D eigenvalue weighted by Gasteiger charge is -2.36. The Bertz CT molecular complexity index is 1400. The largest absolute Gasteiger partial charge is 0.502 e. The minimum absolute atomic E-state index is 0.0553. The Hall–Kier alpha value is -4.38. The molecule has 0 radical (unpaired) electrons. The number of benzene rings is 2. The minimum Gasteiger partial charge on any atom is -0.502 e. The van der Waals surface area contributed by atoms with Crippen LogP contribution in [-0.4, -0.2) is 77.7 Å². The SMILES string of the molecule is COC(=O)C[C@H](c1ccc(OC)c(OC)c1OC)c1oc(CN2CCN(c3ccc(OC)cc3)CC2)cc(=O)c1O. The van der Waals surface area contributed by atoms with Gasteiger partial charge in [-0.2, -0.15) is 0 Å². The molecule has 1 aromatic heterocycles. The van der Waals surface area contributed by atoms with Crippen LogP contribution in [0.3, 0.4) is 0 Å². The number of esters is 1. The smallest absolute Gasteiger partial charge is 0.306 e. The zero-order valence-corrected chi connectivity index (χ0v) is 24.0. The Balaban J connectivity index is 1.62. The number of hydrogen-bond acceptors (Lipinski definition) is 11. The molecule has 11 heteroatoms. The van der Waals surface area contributed by atoms with E-state index in [1.165, 1.54) is 34.5 Å². The molecule has 1 aliphatic rings. The summed E-state index contributed by atoms with van der Waals surface area (Å²) in [5, 5.41) is 10.8. The summed E-state index contributed by atoms with van der Waals surface area (Å²) in [5.41, 5.74) is 0.963. The van der Waals surface area contributed by atoms with Crippen LogP contribution in [0.4, 0.5) is 5.69 Å². The van der Waals surface area contributed by atoms with Gasteiger partial charge in [-0.15, -0.1) is 0 Å². The van der Waals surface area contributed by atoms with Crippen molar-refractivity contribution in [2.75, 3.05) is 66.6 Å². The molecule has 220 valence electrons. The highest BCUT2D eigenvalue weighted by molar-refractivity contribution is 5.72. The molecule has 41 heavy (non-hydrogen) atoms. The standard InChI is InChI=1S/C30H36N2O9/c1-36-20-8-6-19(7-9-20)32-14-12-31(13-15-32)18-21-16-24(33)27(35)28(41-21)23(17-26(34)38-3)22-10-11-25(37-2)30(40-5)29(22)39-4/h6-11,16,23,35H,12-15,17-18H2,1-5H3/t23-/m1/s1. The van der Waals surface area contributed by atoms with Crippen molar-refractivity contribution in [2.45, 2.75) is 18.9 Å². The van der Waals surface area contributed by atoms with Crippen molar-refractivity contribution < 1.29 is 38.0 Å². The van der Waals surface area contributed by atoms with E-state index >= 15 is 0 Å². The molecule has 1 aliphatic heterocycles. The second kappa shape index (κ2) is 13.3. The fourth-order valence-electron chi connectivity index (χ4n) is 5.04. The molecule has 0 amide bonds. The molecule has 0 bridgehead atoms. The molecular formula is C30H36N2O9. The molecule has 1 fully saturated rings. The second-order valence-electron chi connectivity index (χ2n) is 9.51. The Labute approximate surface area is 238 Å². The van der Waals surface area contributed by atoms with Crippen molar-refractivity contribution in [1.82, 2.24) is 4.90 Å². The Morgan fingerprint density at radius 1 is 0.902 bits per heavy atom. The minimum atomic E-state index is -0.906. The first kappa shape index (κ1) is 29.6. The molecule has 1 N–H and O–H groups in total. The van der Waals surface area contributed by atoms with Gasteiger partial charge >= 0.3 is 5.97 Å². The quantitative estimate of drug-likeness (QED) is 0.343. The third-order valence-corrected chi connectivity index (χ3v) is 7.21. The molecule has 1 saturated heterocycles. The molecule has 0 unspecified atom stereocenters. The van der Waals surface area contributed by atoms with Crippen LogP contribution in [0.1, 0.15) is 29.4 Å². The van der Waals surface area contributed by atoms with Gasteiger partial charge in [0.15, 0.2) is 17.3 Å². The van der Waals surface area contributed by atoms with E-state index in [1.807, 2.05) is 24.3 Å². The summed E-state index contributed by atoms with van der Waals surface area (Å²) in [6.45, 7) is 3.40. The highest BCUT2D eigenvalue weighted by Crippen LogP contribution is 2.46. The lowest BCUT2D eigenvalue weighted by Crippen LogP contribution is -2.46. The number of ether oxygens (including phenoxy) is 5.